The molecule has 16 heavy (non-hydrogen) atoms. The van der Waals surface area contributed by atoms with E-state index in [1.807, 2.05) is 32.2 Å². The predicted octanol–water partition coefficient (Wildman–Crippen LogP) is 2.68. The molecule has 3 nitrogen and oxygen atoms in total. The van der Waals surface area contributed by atoms with E-state index >= 15 is 0 Å². The van der Waals surface area contributed by atoms with Gasteiger partial charge in [-0.15, -0.1) is 11.3 Å². The number of aromatic nitrogens is 2. The third kappa shape index (κ3) is 1.80. The van der Waals surface area contributed by atoms with Gasteiger partial charge in [0.05, 0.1) is 10.6 Å². The summed E-state index contributed by atoms with van der Waals surface area (Å²) in [5.41, 5.74) is 2.72. The number of aromatic amines is 1. The molecule has 0 saturated heterocycles. The summed E-state index contributed by atoms with van der Waals surface area (Å²) in [6.45, 7) is 5.85. The molecule has 0 fully saturated rings. The molecule has 0 aliphatic heterocycles. The average molecular weight is 234 g/mol. The van der Waals surface area contributed by atoms with Crippen molar-refractivity contribution < 1.29 is 0 Å². The second-order valence-electron chi connectivity index (χ2n) is 3.77. The van der Waals surface area contributed by atoms with Crippen molar-refractivity contribution in [3.8, 4) is 10.7 Å². The van der Waals surface area contributed by atoms with Crippen LogP contribution < -0.4 is 5.56 Å². The third-order valence-corrected chi connectivity index (χ3v) is 3.69. The molecule has 0 spiro atoms. The molecule has 0 amide bonds. The standard InChI is InChI=1S/C12H14N2OS/c1-4-9-8(3)12(15)14-11(13-9)10-7(2)5-6-16-10/h5-6H,4H2,1-3H3,(H,13,14,15). The lowest BCUT2D eigenvalue weighted by Gasteiger charge is -2.05. The minimum atomic E-state index is -0.0327. The van der Waals surface area contributed by atoms with Crippen LogP contribution in [0.2, 0.25) is 0 Å². The van der Waals surface area contributed by atoms with Gasteiger partial charge in [-0.3, -0.25) is 4.79 Å². The Hall–Kier alpha value is -1.42. The van der Waals surface area contributed by atoms with Crippen molar-refractivity contribution in [3.05, 3.63) is 38.6 Å². The van der Waals surface area contributed by atoms with Gasteiger partial charge < -0.3 is 4.98 Å². The van der Waals surface area contributed by atoms with Crippen LogP contribution in [0.25, 0.3) is 10.7 Å². The van der Waals surface area contributed by atoms with Gasteiger partial charge in [0.25, 0.3) is 5.56 Å². The highest BCUT2D eigenvalue weighted by Crippen LogP contribution is 2.25. The van der Waals surface area contributed by atoms with E-state index in [1.165, 1.54) is 0 Å². The summed E-state index contributed by atoms with van der Waals surface area (Å²) in [6.07, 6.45) is 0.785. The topological polar surface area (TPSA) is 45.8 Å². The maximum atomic E-state index is 11.7. The fourth-order valence-corrected chi connectivity index (χ4v) is 2.52. The number of hydrogen-bond acceptors (Lipinski definition) is 3. The number of nitrogens with zero attached hydrogens (tertiary/aromatic N) is 1. The number of hydrogen-bond donors (Lipinski definition) is 1. The van der Waals surface area contributed by atoms with Gasteiger partial charge in [0.2, 0.25) is 0 Å². The summed E-state index contributed by atoms with van der Waals surface area (Å²) < 4.78 is 0. The first-order chi connectivity index (χ1) is 7.63. The first-order valence-corrected chi connectivity index (χ1v) is 6.15. The van der Waals surface area contributed by atoms with Gasteiger partial charge in [0, 0.05) is 5.56 Å². The molecule has 4 heteroatoms. The summed E-state index contributed by atoms with van der Waals surface area (Å²) in [7, 11) is 0. The Balaban J connectivity index is 2.64. The minimum absolute atomic E-state index is 0.0327. The Morgan fingerprint density at radius 2 is 2.19 bits per heavy atom. The van der Waals surface area contributed by atoms with Gasteiger partial charge in [0.1, 0.15) is 0 Å². The molecule has 2 aromatic rings. The van der Waals surface area contributed by atoms with Gasteiger partial charge in [-0.25, -0.2) is 4.98 Å². The average Bonchev–Trinajstić information content (AvgIpc) is 2.68. The van der Waals surface area contributed by atoms with E-state index in [1.54, 1.807) is 11.3 Å². The van der Waals surface area contributed by atoms with Crippen LogP contribution in [0.5, 0.6) is 0 Å². The van der Waals surface area contributed by atoms with Gasteiger partial charge in [-0.2, -0.15) is 0 Å². The lowest BCUT2D eigenvalue weighted by molar-refractivity contribution is 0.956. The van der Waals surface area contributed by atoms with Crippen LogP contribution in [0.1, 0.15) is 23.7 Å². The Kier molecular flexibility index (Phi) is 2.92. The first-order valence-electron chi connectivity index (χ1n) is 5.27. The molecule has 84 valence electrons. The molecular formula is C12H14N2OS. The van der Waals surface area contributed by atoms with Crippen molar-refractivity contribution in [2.24, 2.45) is 0 Å². The number of nitrogens with one attached hydrogen (secondary N) is 1. The van der Waals surface area contributed by atoms with E-state index in [9.17, 15) is 4.79 Å². The number of aryl methyl sites for hydroxylation is 2. The summed E-state index contributed by atoms with van der Waals surface area (Å²) in [6, 6.07) is 2.03. The Labute approximate surface area is 98.2 Å². The zero-order valence-electron chi connectivity index (χ0n) is 9.63. The van der Waals surface area contributed by atoms with Crippen molar-refractivity contribution >= 4 is 11.3 Å². The van der Waals surface area contributed by atoms with E-state index in [4.69, 9.17) is 0 Å². The van der Waals surface area contributed by atoms with Crippen LogP contribution in [0.3, 0.4) is 0 Å². The summed E-state index contributed by atoms with van der Waals surface area (Å²) in [5.74, 6) is 0.694. The van der Waals surface area contributed by atoms with Crippen LogP contribution in [-0.4, -0.2) is 9.97 Å². The van der Waals surface area contributed by atoms with Crippen LogP contribution >= 0.6 is 11.3 Å². The third-order valence-electron chi connectivity index (χ3n) is 2.66. The normalized spacial score (nSPS) is 10.7. The SMILES string of the molecule is CCc1nc(-c2sccc2C)[nH]c(=O)c1C. The van der Waals surface area contributed by atoms with Gasteiger partial charge in [0.15, 0.2) is 5.82 Å². The molecule has 2 heterocycles. The Morgan fingerprint density at radius 3 is 2.75 bits per heavy atom. The molecule has 0 bridgehead atoms. The van der Waals surface area contributed by atoms with Gasteiger partial charge >= 0.3 is 0 Å². The lowest BCUT2D eigenvalue weighted by Crippen LogP contribution is -2.15. The first kappa shape index (κ1) is 11.1. The molecule has 0 radical (unpaired) electrons. The fourth-order valence-electron chi connectivity index (χ4n) is 1.65. The summed E-state index contributed by atoms with van der Waals surface area (Å²) >= 11 is 1.60. The van der Waals surface area contributed by atoms with E-state index in [0.29, 0.717) is 5.82 Å². The van der Waals surface area contributed by atoms with Crippen LogP contribution in [-0.2, 0) is 6.42 Å². The van der Waals surface area contributed by atoms with Crippen molar-refractivity contribution in [1.82, 2.24) is 9.97 Å². The van der Waals surface area contributed by atoms with E-state index < -0.39 is 0 Å². The molecule has 0 unspecified atom stereocenters. The molecule has 1 N–H and O–H groups in total. The van der Waals surface area contributed by atoms with Crippen molar-refractivity contribution in [2.75, 3.05) is 0 Å². The van der Waals surface area contributed by atoms with Gasteiger partial charge in [-0.05, 0) is 37.3 Å². The molecule has 0 saturated carbocycles. The lowest BCUT2D eigenvalue weighted by atomic mass is 10.2. The second-order valence-corrected chi connectivity index (χ2v) is 4.69. The van der Waals surface area contributed by atoms with Crippen LogP contribution in [0, 0.1) is 13.8 Å². The molecular weight excluding hydrogens is 220 g/mol. The highest BCUT2D eigenvalue weighted by Gasteiger charge is 2.10. The molecule has 0 aliphatic carbocycles. The molecule has 2 rings (SSSR count). The number of thiophene rings is 1. The Bertz CT molecular complexity index is 569. The predicted molar refractivity (Wildman–Crippen MR) is 67.0 cm³/mol. The maximum absolute atomic E-state index is 11.7. The highest BCUT2D eigenvalue weighted by molar-refractivity contribution is 7.13. The molecule has 0 aromatic carbocycles. The zero-order chi connectivity index (χ0) is 11.7. The monoisotopic (exact) mass is 234 g/mol. The van der Waals surface area contributed by atoms with Gasteiger partial charge in [-0.1, -0.05) is 6.92 Å². The highest BCUT2D eigenvalue weighted by atomic mass is 32.1. The largest absolute Gasteiger partial charge is 0.306 e. The maximum Gasteiger partial charge on any atom is 0.254 e. The molecule has 0 aliphatic rings. The van der Waals surface area contributed by atoms with Crippen LogP contribution in [0.4, 0.5) is 0 Å². The smallest absolute Gasteiger partial charge is 0.254 e. The Morgan fingerprint density at radius 1 is 1.44 bits per heavy atom. The van der Waals surface area contributed by atoms with E-state index in [2.05, 4.69) is 9.97 Å². The van der Waals surface area contributed by atoms with Crippen molar-refractivity contribution in [3.63, 3.8) is 0 Å². The van der Waals surface area contributed by atoms with E-state index in [0.717, 1.165) is 28.1 Å². The number of rotatable bonds is 2. The van der Waals surface area contributed by atoms with Crippen molar-refractivity contribution in [2.45, 2.75) is 27.2 Å². The minimum Gasteiger partial charge on any atom is -0.306 e. The van der Waals surface area contributed by atoms with Crippen molar-refractivity contribution in [1.29, 1.82) is 0 Å². The summed E-state index contributed by atoms with van der Waals surface area (Å²) in [4.78, 5) is 20.1. The van der Waals surface area contributed by atoms with E-state index in [-0.39, 0.29) is 5.56 Å². The fraction of sp³-hybridized carbons (Fsp3) is 0.333. The number of H-pyrrole nitrogens is 1. The molecule has 0 atom stereocenters. The second kappa shape index (κ2) is 4.22. The quantitative estimate of drug-likeness (QED) is 0.868. The molecule has 2 aromatic heterocycles. The summed E-state index contributed by atoms with van der Waals surface area (Å²) in [5, 5.41) is 2.01. The zero-order valence-corrected chi connectivity index (χ0v) is 10.4. The van der Waals surface area contributed by atoms with Crippen LogP contribution in [0.15, 0.2) is 16.2 Å².